The second-order valence-corrected chi connectivity index (χ2v) is 3.64. The molecule has 1 aromatic heterocycles. The fourth-order valence-electron chi connectivity index (χ4n) is 1.39. The van der Waals surface area contributed by atoms with Crippen LogP contribution in [0.1, 0.15) is 19.0 Å². The van der Waals surface area contributed by atoms with Gasteiger partial charge in [-0.25, -0.2) is 0 Å². The Balaban J connectivity index is 2.56. The molecule has 1 amide bonds. The van der Waals surface area contributed by atoms with Crippen molar-refractivity contribution in [3.8, 4) is 0 Å². The van der Waals surface area contributed by atoms with Crippen LogP contribution in [0, 0.1) is 0 Å². The normalized spacial score (nSPS) is 12.5. The molecule has 1 heterocycles. The molecule has 0 spiro atoms. The summed E-state index contributed by atoms with van der Waals surface area (Å²) in [7, 11) is 1.82. The molecular formula is C10H18N4O2. The first-order valence-electron chi connectivity index (χ1n) is 5.27. The molecule has 6 heteroatoms. The maximum absolute atomic E-state index is 11.4. The van der Waals surface area contributed by atoms with Gasteiger partial charge in [0, 0.05) is 25.4 Å². The van der Waals surface area contributed by atoms with Crippen LogP contribution < -0.4 is 11.1 Å². The third-order valence-corrected chi connectivity index (χ3v) is 2.30. The Morgan fingerprint density at radius 1 is 1.75 bits per heavy atom. The molecule has 1 unspecified atom stereocenters. The number of hydrogen-bond donors (Lipinski definition) is 3. The second-order valence-electron chi connectivity index (χ2n) is 3.64. The Kier molecular flexibility index (Phi) is 4.45. The zero-order valence-electron chi connectivity index (χ0n) is 9.60. The number of aliphatic hydroxyl groups is 1. The molecule has 0 aromatic carbocycles. The Hall–Kier alpha value is -1.40. The Morgan fingerprint density at radius 2 is 2.44 bits per heavy atom. The molecule has 0 fully saturated rings. The van der Waals surface area contributed by atoms with Crippen LogP contribution in [0.4, 0.5) is 5.82 Å². The number of nitrogens with two attached hydrogens (primary N) is 1. The van der Waals surface area contributed by atoms with E-state index < -0.39 is 6.10 Å². The van der Waals surface area contributed by atoms with Crippen LogP contribution in [0.2, 0.25) is 0 Å². The van der Waals surface area contributed by atoms with Gasteiger partial charge in [-0.1, -0.05) is 6.92 Å². The molecule has 90 valence electrons. The van der Waals surface area contributed by atoms with E-state index in [0.29, 0.717) is 5.82 Å². The van der Waals surface area contributed by atoms with Crippen molar-refractivity contribution in [2.75, 3.05) is 11.9 Å². The van der Waals surface area contributed by atoms with E-state index in [2.05, 4.69) is 10.4 Å². The number of carbonyl (C=O) groups excluding carboxylic acids is 1. The smallest absolute Gasteiger partial charge is 0.228 e. The summed E-state index contributed by atoms with van der Waals surface area (Å²) in [6.07, 6.45) is 0.0497. The first-order chi connectivity index (χ1) is 7.56. The van der Waals surface area contributed by atoms with E-state index in [1.165, 1.54) is 0 Å². The van der Waals surface area contributed by atoms with Crippen LogP contribution in [0.25, 0.3) is 0 Å². The van der Waals surface area contributed by atoms with Gasteiger partial charge in [0.2, 0.25) is 5.91 Å². The third-order valence-electron chi connectivity index (χ3n) is 2.30. The summed E-state index contributed by atoms with van der Waals surface area (Å²) < 4.78 is 1.72. The minimum Gasteiger partial charge on any atom is -0.391 e. The van der Waals surface area contributed by atoms with E-state index in [1.54, 1.807) is 4.68 Å². The molecule has 1 aromatic rings. The summed E-state index contributed by atoms with van der Waals surface area (Å²) in [6.45, 7) is 2.09. The molecular weight excluding hydrogens is 208 g/mol. The first-order valence-corrected chi connectivity index (χ1v) is 5.27. The summed E-state index contributed by atoms with van der Waals surface area (Å²) in [4.78, 5) is 11.4. The predicted octanol–water partition coefficient (Wildman–Crippen LogP) is -0.369. The van der Waals surface area contributed by atoms with Crippen molar-refractivity contribution in [2.24, 2.45) is 12.8 Å². The van der Waals surface area contributed by atoms with Crippen molar-refractivity contribution < 1.29 is 9.90 Å². The highest BCUT2D eigenvalue weighted by molar-refractivity contribution is 5.90. The molecule has 4 N–H and O–H groups in total. The Morgan fingerprint density at radius 3 is 2.94 bits per heavy atom. The lowest BCUT2D eigenvalue weighted by molar-refractivity contribution is -0.117. The Labute approximate surface area is 94.4 Å². The minimum atomic E-state index is -0.797. The molecule has 16 heavy (non-hydrogen) atoms. The van der Waals surface area contributed by atoms with Crippen molar-refractivity contribution in [1.29, 1.82) is 0 Å². The highest BCUT2D eigenvalue weighted by Gasteiger charge is 2.11. The predicted molar refractivity (Wildman–Crippen MR) is 60.9 cm³/mol. The third kappa shape index (κ3) is 3.32. The average molecular weight is 226 g/mol. The van der Waals surface area contributed by atoms with Gasteiger partial charge in [-0.15, -0.1) is 0 Å². The van der Waals surface area contributed by atoms with E-state index in [-0.39, 0.29) is 18.9 Å². The van der Waals surface area contributed by atoms with E-state index >= 15 is 0 Å². The second kappa shape index (κ2) is 5.62. The largest absolute Gasteiger partial charge is 0.391 e. The fourth-order valence-corrected chi connectivity index (χ4v) is 1.39. The number of aliphatic hydroxyl groups excluding tert-OH is 1. The van der Waals surface area contributed by atoms with Gasteiger partial charge in [-0.3, -0.25) is 9.48 Å². The van der Waals surface area contributed by atoms with Gasteiger partial charge in [-0.2, -0.15) is 5.10 Å². The summed E-state index contributed by atoms with van der Waals surface area (Å²) in [5.74, 6) is 0.229. The van der Waals surface area contributed by atoms with Gasteiger partial charge < -0.3 is 16.2 Å². The lowest BCUT2D eigenvalue weighted by Crippen LogP contribution is -2.26. The van der Waals surface area contributed by atoms with E-state index in [1.807, 2.05) is 20.0 Å². The zero-order valence-corrected chi connectivity index (χ0v) is 9.60. The SMILES string of the molecule is CCc1cc(NC(=O)CC(O)CN)nn1C. The number of nitrogens with zero attached hydrogens (tertiary/aromatic N) is 2. The zero-order chi connectivity index (χ0) is 12.1. The van der Waals surface area contributed by atoms with Gasteiger partial charge in [0.15, 0.2) is 5.82 Å². The number of anilines is 1. The van der Waals surface area contributed by atoms with Crippen LogP contribution in [0.5, 0.6) is 0 Å². The molecule has 0 saturated heterocycles. The van der Waals surface area contributed by atoms with E-state index in [9.17, 15) is 9.90 Å². The fraction of sp³-hybridized carbons (Fsp3) is 0.600. The van der Waals surface area contributed by atoms with E-state index in [4.69, 9.17) is 5.73 Å². The van der Waals surface area contributed by atoms with Gasteiger partial charge in [-0.05, 0) is 6.42 Å². The van der Waals surface area contributed by atoms with Crippen molar-refractivity contribution in [1.82, 2.24) is 9.78 Å². The molecule has 0 aliphatic heterocycles. The maximum Gasteiger partial charge on any atom is 0.228 e. The molecule has 0 saturated carbocycles. The van der Waals surface area contributed by atoms with Crippen LogP contribution in [0.15, 0.2) is 6.07 Å². The average Bonchev–Trinajstić information content (AvgIpc) is 2.58. The van der Waals surface area contributed by atoms with Crippen LogP contribution >= 0.6 is 0 Å². The van der Waals surface area contributed by atoms with Crippen molar-refractivity contribution in [3.63, 3.8) is 0 Å². The summed E-state index contributed by atoms with van der Waals surface area (Å²) in [5, 5.41) is 15.9. The molecule has 0 bridgehead atoms. The quantitative estimate of drug-likeness (QED) is 0.638. The highest BCUT2D eigenvalue weighted by atomic mass is 16.3. The Bertz CT molecular complexity index is 362. The van der Waals surface area contributed by atoms with E-state index in [0.717, 1.165) is 12.1 Å². The van der Waals surface area contributed by atoms with Crippen LogP contribution in [-0.4, -0.2) is 33.4 Å². The van der Waals surface area contributed by atoms with Crippen molar-refractivity contribution in [3.05, 3.63) is 11.8 Å². The number of aromatic nitrogens is 2. The summed E-state index contributed by atoms with van der Waals surface area (Å²) in [5.41, 5.74) is 6.25. The highest BCUT2D eigenvalue weighted by Crippen LogP contribution is 2.09. The topological polar surface area (TPSA) is 93.2 Å². The van der Waals surface area contributed by atoms with Crippen molar-refractivity contribution in [2.45, 2.75) is 25.9 Å². The number of rotatable bonds is 5. The van der Waals surface area contributed by atoms with Gasteiger partial charge in [0.25, 0.3) is 0 Å². The van der Waals surface area contributed by atoms with Crippen LogP contribution in [-0.2, 0) is 18.3 Å². The standard InChI is InChI=1S/C10H18N4O2/c1-3-7-4-9(13-14(7)2)12-10(16)5-8(15)6-11/h4,8,15H,3,5-6,11H2,1-2H3,(H,12,13,16). The van der Waals surface area contributed by atoms with Crippen molar-refractivity contribution >= 4 is 11.7 Å². The molecule has 6 nitrogen and oxygen atoms in total. The lowest BCUT2D eigenvalue weighted by atomic mass is 10.2. The first kappa shape index (κ1) is 12.7. The number of nitrogens with one attached hydrogen (secondary N) is 1. The molecule has 0 radical (unpaired) electrons. The van der Waals surface area contributed by atoms with Gasteiger partial charge in [0.1, 0.15) is 0 Å². The van der Waals surface area contributed by atoms with Gasteiger partial charge >= 0.3 is 0 Å². The summed E-state index contributed by atoms with van der Waals surface area (Å²) in [6, 6.07) is 1.81. The maximum atomic E-state index is 11.4. The molecule has 0 aliphatic carbocycles. The monoisotopic (exact) mass is 226 g/mol. The molecule has 1 atom stereocenters. The number of hydrogen-bond acceptors (Lipinski definition) is 4. The lowest BCUT2D eigenvalue weighted by Gasteiger charge is -2.06. The van der Waals surface area contributed by atoms with Crippen LogP contribution in [0.3, 0.4) is 0 Å². The number of amides is 1. The number of aryl methyl sites for hydroxylation is 2. The molecule has 1 rings (SSSR count). The minimum absolute atomic E-state index is 0.00542. The molecule has 0 aliphatic rings. The summed E-state index contributed by atoms with van der Waals surface area (Å²) >= 11 is 0. The number of carbonyl (C=O) groups is 1. The van der Waals surface area contributed by atoms with Gasteiger partial charge in [0.05, 0.1) is 12.5 Å².